The van der Waals surface area contributed by atoms with Gasteiger partial charge in [0.15, 0.2) is 5.78 Å². The minimum atomic E-state index is -0.0469. The molecular formula is C18H13NO2. The van der Waals surface area contributed by atoms with Crippen molar-refractivity contribution in [1.29, 1.82) is 0 Å². The number of carbonyl (C=O) groups is 1. The predicted molar refractivity (Wildman–Crippen MR) is 80.6 cm³/mol. The van der Waals surface area contributed by atoms with E-state index in [0.717, 1.165) is 5.75 Å². The first-order valence-electron chi connectivity index (χ1n) is 6.60. The molecule has 3 nitrogen and oxygen atoms in total. The van der Waals surface area contributed by atoms with Gasteiger partial charge in [0.25, 0.3) is 0 Å². The third-order valence-corrected chi connectivity index (χ3v) is 3.02. The molecule has 102 valence electrons. The lowest BCUT2D eigenvalue weighted by atomic mass is 10.1. The molecule has 0 aliphatic rings. The second-order valence-corrected chi connectivity index (χ2v) is 4.51. The average Bonchev–Trinajstić information content (AvgIpc) is 2.57. The Morgan fingerprint density at radius 1 is 0.762 bits per heavy atom. The monoisotopic (exact) mass is 275 g/mol. The summed E-state index contributed by atoms with van der Waals surface area (Å²) in [6.45, 7) is 0. The molecule has 3 aromatic rings. The summed E-state index contributed by atoms with van der Waals surface area (Å²) in [7, 11) is 0. The molecule has 3 heteroatoms. The molecule has 0 saturated heterocycles. The van der Waals surface area contributed by atoms with Crippen LogP contribution in [0.1, 0.15) is 15.9 Å². The van der Waals surface area contributed by atoms with Crippen molar-refractivity contribution >= 4 is 5.78 Å². The summed E-state index contributed by atoms with van der Waals surface area (Å²) in [6.07, 6.45) is 3.21. The fraction of sp³-hybridized carbons (Fsp3) is 0. The summed E-state index contributed by atoms with van der Waals surface area (Å²) in [5.74, 6) is 1.42. The Bertz CT molecular complexity index is 722. The molecule has 0 amide bonds. The number of hydrogen-bond donors (Lipinski definition) is 0. The van der Waals surface area contributed by atoms with Gasteiger partial charge in [-0.05, 0) is 48.5 Å². The van der Waals surface area contributed by atoms with Crippen molar-refractivity contribution in [3.63, 3.8) is 0 Å². The Morgan fingerprint density at radius 3 is 2.14 bits per heavy atom. The maximum atomic E-state index is 12.2. The summed E-state index contributed by atoms with van der Waals surface area (Å²) in [4.78, 5) is 16.2. The van der Waals surface area contributed by atoms with Crippen LogP contribution in [-0.2, 0) is 0 Å². The fourth-order valence-corrected chi connectivity index (χ4v) is 1.96. The van der Waals surface area contributed by atoms with E-state index in [-0.39, 0.29) is 5.78 Å². The van der Waals surface area contributed by atoms with E-state index < -0.39 is 0 Å². The fourth-order valence-electron chi connectivity index (χ4n) is 1.96. The van der Waals surface area contributed by atoms with Crippen LogP contribution in [0, 0.1) is 0 Å². The van der Waals surface area contributed by atoms with Crippen LogP contribution < -0.4 is 4.74 Å². The molecular weight excluding hydrogens is 262 g/mol. The molecule has 0 unspecified atom stereocenters. The molecule has 0 aliphatic heterocycles. The highest BCUT2D eigenvalue weighted by Gasteiger charge is 2.08. The van der Waals surface area contributed by atoms with Crippen molar-refractivity contribution in [2.75, 3.05) is 0 Å². The zero-order valence-electron chi connectivity index (χ0n) is 11.3. The molecule has 0 saturated carbocycles. The number of pyridine rings is 1. The number of hydrogen-bond acceptors (Lipinski definition) is 3. The summed E-state index contributed by atoms with van der Waals surface area (Å²) < 4.78 is 5.70. The van der Waals surface area contributed by atoms with Crippen LogP contribution in [0.3, 0.4) is 0 Å². The molecule has 1 aromatic heterocycles. The minimum absolute atomic E-state index is 0.0469. The average molecular weight is 275 g/mol. The SMILES string of the molecule is O=C(c1ccc(Oc2ccccc2)cc1)c1cccnc1. The number of ether oxygens (including phenoxy) is 1. The standard InChI is InChI=1S/C18H13NO2/c20-18(15-5-4-12-19-13-15)14-8-10-17(11-9-14)21-16-6-2-1-3-7-16/h1-13H. The molecule has 3 rings (SSSR count). The van der Waals surface area contributed by atoms with E-state index in [1.807, 2.05) is 30.3 Å². The van der Waals surface area contributed by atoms with Crippen LogP contribution in [0.2, 0.25) is 0 Å². The van der Waals surface area contributed by atoms with Crippen molar-refractivity contribution in [2.24, 2.45) is 0 Å². The quantitative estimate of drug-likeness (QED) is 0.673. The molecule has 0 aliphatic carbocycles. The maximum Gasteiger partial charge on any atom is 0.194 e. The Kier molecular flexibility index (Phi) is 3.74. The highest BCUT2D eigenvalue weighted by molar-refractivity contribution is 6.08. The summed E-state index contributed by atoms with van der Waals surface area (Å²) in [6, 6.07) is 20.1. The van der Waals surface area contributed by atoms with E-state index >= 15 is 0 Å². The van der Waals surface area contributed by atoms with Gasteiger partial charge in [0.2, 0.25) is 0 Å². The van der Waals surface area contributed by atoms with Gasteiger partial charge in [0, 0.05) is 23.5 Å². The van der Waals surface area contributed by atoms with E-state index in [1.165, 1.54) is 0 Å². The van der Waals surface area contributed by atoms with Gasteiger partial charge in [-0.3, -0.25) is 9.78 Å². The highest BCUT2D eigenvalue weighted by atomic mass is 16.5. The Morgan fingerprint density at radius 2 is 1.48 bits per heavy atom. The predicted octanol–water partition coefficient (Wildman–Crippen LogP) is 4.10. The number of rotatable bonds is 4. The lowest BCUT2D eigenvalue weighted by molar-refractivity contribution is 0.103. The third-order valence-electron chi connectivity index (χ3n) is 3.02. The summed E-state index contributed by atoms with van der Waals surface area (Å²) in [5.41, 5.74) is 1.19. The summed E-state index contributed by atoms with van der Waals surface area (Å²) >= 11 is 0. The van der Waals surface area contributed by atoms with Gasteiger partial charge >= 0.3 is 0 Å². The Labute approximate surface area is 122 Å². The zero-order valence-corrected chi connectivity index (χ0v) is 11.3. The second-order valence-electron chi connectivity index (χ2n) is 4.51. The Balaban J connectivity index is 1.77. The minimum Gasteiger partial charge on any atom is -0.457 e. The van der Waals surface area contributed by atoms with E-state index in [1.54, 1.807) is 48.8 Å². The van der Waals surface area contributed by atoms with Gasteiger partial charge in [-0.1, -0.05) is 18.2 Å². The largest absolute Gasteiger partial charge is 0.457 e. The van der Waals surface area contributed by atoms with E-state index in [4.69, 9.17) is 4.74 Å². The highest BCUT2D eigenvalue weighted by Crippen LogP contribution is 2.21. The van der Waals surface area contributed by atoms with Crippen molar-refractivity contribution < 1.29 is 9.53 Å². The van der Waals surface area contributed by atoms with Gasteiger partial charge in [0.1, 0.15) is 11.5 Å². The van der Waals surface area contributed by atoms with Crippen LogP contribution in [0.25, 0.3) is 0 Å². The molecule has 0 fully saturated rings. The van der Waals surface area contributed by atoms with E-state index in [9.17, 15) is 4.79 Å². The smallest absolute Gasteiger partial charge is 0.194 e. The van der Waals surface area contributed by atoms with Crippen molar-refractivity contribution in [3.8, 4) is 11.5 Å². The topological polar surface area (TPSA) is 39.2 Å². The number of aromatic nitrogens is 1. The first-order chi connectivity index (χ1) is 10.3. The summed E-state index contributed by atoms with van der Waals surface area (Å²) in [5, 5.41) is 0. The first-order valence-corrected chi connectivity index (χ1v) is 6.60. The third kappa shape index (κ3) is 3.15. The molecule has 0 atom stereocenters. The van der Waals surface area contributed by atoms with Gasteiger partial charge in [-0.2, -0.15) is 0 Å². The molecule has 0 spiro atoms. The zero-order chi connectivity index (χ0) is 14.5. The van der Waals surface area contributed by atoms with Crippen molar-refractivity contribution in [2.45, 2.75) is 0 Å². The lowest BCUT2D eigenvalue weighted by Crippen LogP contribution is -2.01. The van der Waals surface area contributed by atoms with Crippen LogP contribution in [-0.4, -0.2) is 10.8 Å². The number of nitrogens with zero attached hydrogens (tertiary/aromatic N) is 1. The van der Waals surface area contributed by atoms with Crippen LogP contribution in [0.4, 0.5) is 0 Å². The Hall–Kier alpha value is -2.94. The van der Waals surface area contributed by atoms with E-state index in [0.29, 0.717) is 16.9 Å². The molecule has 1 heterocycles. The molecule has 0 N–H and O–H groups in total. The van der Waals surface area contributed by atoms with Crippen LogP contribution >= 0.6 is 0 Å². The molecule has 2 aromatic carbocycles. The first kappa shape index (κ1) is 13.1. The number of benzene rings is 2. The van der Waals surface area contributed by atoms with Crippen molar-refractivity contribution in [3.05, 3.63) is 90.3 Å². The van der Waals surface area contributed by atoms with Gasteiger partial charge in [-0.25, -0.2) is 0 Å². The number of carbonyl (C=O) groups excluding carboxylic acids is 1. The van der Waals surface area contributed by atoms with Gasteiger partial charge in [-0.15, -0.1) is 0 Å². The number of para-hydroxylation sites is 1. The van der Waals surface area contributed by atoms with Crippen LogP contribution in [0.15, 0.2) is 79.1 Å². The molecule has 0 radical (unpaired) electrons. The van der Waals surface area contributed by atoms with Gasteiger partial charge in [0.05, 0.1) is 0 Å². The lowest BCUT2D eigenvalue weighted by Gasteiger charge is -2.06. The van der Waals surface area contributed by atoms with Crippen LogP contribution in [0.5, 0.6) is 11.5 Å². The second kappa shape index (κ2) is 6.01. The van der Waals surface area contributed by atoms with Crippen molar-refractivity contribution in [1.82, 2.24) is 4.98 Å². The molecule has 0 bridgehead atoms. The number of ketones is 1. The van der Waals surface area contributed by atoms with E-state index in [2.05, 4.69) is 4.98 Å². The maximum absolute atomic E-state index is 12.2. The normalized spacial score (nSPS) is 10.1. The van der Waals surface area contributed by atoms with Gasteiger partial charge < -0.3 is 4.74 Å². The molecule has 21 heavy (non-hydrogen) atoms.